The summed E-state index contributed by atoms with van der Waals surface area (Å²) in [5.41, 5.74) is -0.282. The van der Waals surface area contributed by atoms with Crippen molar-refractivity contribution in [2.45, 2.75) is 19.1 Å². The van der Waals surface area contributed by atoms with Crippen molar-refractivity contribution >= 4 is 23.5 Å². The van der Waals surface area contributed by atoms with Gasteiger partial charge in [0.05, 0.1) is 30.6 Å². The van der Waals surface area contributed by atoms with E-state index >= 15 is 0 Å². The van der Waals surface area contributed by atoms with Gasteiger partial charge in [-0.15, -0.1) is 0 Å². The minimum absolute atomic E-state index is 0.0210. The van der Waals surface area contributed by atoms with Crippen molar-refractivity contribution < 1.29 is 32.2 Å². The summed E-state index contributed by atoms with van der Waals surface area (Å²) < 4.78 is 50.1. The number of alkyl halides is 3. The van der Waals surface area contributed by atoms with Crippen LogP contribution in [0.25, 0.3) is 5.69 Å². The molecule has 7 nitrogen and oxygen atoms in total. The fraction of sp³-hybridized carbons (Fsp3) is 0.227. The van der Waals surface area contributed by atoms with Gasteiger partial charge in [0.2, 0.25) is 5.69 Å². The quantitative estimate of drug-likeness (QED) is 0.499. The molecule has 1 amide bonds. The lowest BCUT2D eigenvalue weighted by atomic mass is 10.1. The van der Waals surface area contributed by atoms with Gasteiger partial charge < -0.3 is 14.8 Å². The maximum Gasteiger partial charge on any atom is 0.416 e. The van der Waals surface area contributed by atoms with Gasteiger partial charge in [-0.3, -0.25) is 4.79 Å². The van der Waals surface area contributed by atoms with Crippen LogP contribution in [0.4, 0.5) is 13.2 Å². The Morgan fingerprint density at radius 1 is 1.18 bits per heavy atom. The maximum absolute atomic E-state index is 13.0. The standard InChI is InChI=1S/C22H19ClF3N3O4/c1-13(14-6-8-16(23)9-7-14)27-19(30)12-33-21(31)20-18(32-2)11-29(28-20)17-5-3-4-15(10-17)22(24,25)26/h3-11,13H,12H2,1-2H3,(H,27,30). The van der Waals surface area contributed by atoms with E-state index in [2.05, 4.69) is 10.4 Å². The van der Waals surface area contributed by atoms with Crippen LogP contribution in [0.3, 0.4) is 0 Å². The second kappa shape index (κ2) is 9.95. The van der Waals surface area contributed by atoms with Crippen molar-refractivity contribution in [3.05, 3.63) is 76.6 Å². The van der Waals surface area contributed by atoms with Gasteiger partial charge in [0, 0.05) is 5.02 Å². The van der Waals surface area contributed by atoms with Crippen LogP contribution in [0, 0.1) is 0 Å². The Hall–Kier alpha value is -3.53. The summed E-state index contributed by atoms with van der Waals surface area (Å²) >= 11 is 5.85. The van der Waals surface area contributed by atoms with Crippen LogP contribution < -0.4 is 10.1 Å². The van der Waals surface area contributed by atoms with Gasteiger partial charge in [0.15, 0.2) is 12.4 Å². The SMILES string of the molecule is COc1cn(-c2cccc(C(F)(F)F)c2)nc1C(=O)OCC(=O)NC(C)c1ccc(Cl)cc1. The van der Waals surface area contributed by atoms with E-state index in [0.29, 0.717) is 5.02 Å². The number of rotatable bonds is 7. The van der Waals surface area contributed by atoms with Gasteiger partial charge in [-0.05, 0) is 42.8 Å². The van der Waals surface area contributed by atoms with E-state index in [1.54, 1.807) is 31.2 Å². The van der Waals surface area contributed by atoms with Gasteiger partial charge in [0.25, 0.3) is 5.91 Å². The smallest absolute Gasteiger partial charge is 0.416 e. The molecular formula is C22H19ClF3N3O4. The molecule has 1 heterocycles. The summed E-state index contributed by atoms with van der Waals surface area (Å²) in [7, 11) is 1.27. The third-order valence-electron chi connectivity index (χ3n) is 4.61. The molecule has 1 atom stereocenters. The largest absolute Gasteiger partial charge is 0.493 e. The summed E-state index contributed by atoms with van der Waals surface area (Å²) in [6.45, 7) is 1.17. The van der Waals surface area contributed by atoms with Crippen LogP contribution in [0.5, 0.6) is 5.75 Å². The van der Waals surface area contributed by atoms with E-state index in [9.17, 15) is 22.8 Å². The number of carbonyl (C=O) groups excluding carboxylic acids is 2. The van der Waals surface area contributed by atoms with Gasteiger partial charge in [-0.1, -0.05) is 29.8 Å². The molecule has 0 aliphatic heterocycles. The highest BCUT2D eigenvalue weighted by atomic mass is 35.5. The number of hydrogen-bond donors (Lipinski definition) is 1. The third kappa shape index (κ3) is 6.04. The first-order chi connectivity index (χ1) is 15.6. The summed E-state index contributed by atoms with van der Waals surface area (Å²) in [5.74, 6) is -1.54. The minimum atomic E-state index is -4.54. The normalized spacial score (nSPS) is 12.2. The molecule has 3 aromatic rings. The number of carbonyl (C=O) groups is 2. The number of nitrogens with zero attached hydrogens (tertiary/aromatic N) is 2. The first-order valence-corrected chi connectivity index (χ1v) is 9.99. The van der Waals surface area contributed by atoms with Crippen molar-refractivity contribution in [1.29, 1.82) is 0 Å². The van der Waals surface area contributed by atoms with Gasteiger partial charge in [0.1, 0.15) is 0 Å². The molecule has 0 radical (unpaired) electrons. The highest BCUT2D eigenvalue weighted by Crippen LogP contribution is 2.31. The monoisotopic (exact) mass is 481 g/mol. The molecule has 174 valence electrons. The Bertz CT molecular complexity index is 1150. The Morgan fingerprint density at radius 3 is 2.52 bits per heavy atom. The van der Waals surface area contributed by atoms with Crippen LogP contribution in [0.1, 0.15) is 34.6 Å². The fourth-order valence-electron chi connectivity index (χ4n) is 2.92. The number of hydrogen-bond acceptors (Lipinski definition) is 5. The molecule has 11 heteroatoms. The summed E-state index contributed by atoms with van der Waals surface area (Å²) in [5, 5.41) is 7.21. The van der Waals surface area contributed by atoms with Crippen molar-refractivity contribution in [1.82, 2.24) is 15.1 Å². The Morgan fingerprint density at radius 2 is 1.88 bits per heavy atom. The lowest BCUT2D eigenvalue weighted by Gasteiger charge is -2.14. The van der Waals surface area contributed by atoms with Crippen molar-refractivity contribution in [2.75, 3.05) is 13.7 Å². The zero-order valence-electron chi connectivity index (χ0n) is 17.5. The van der Waals surface area contributed by atoms with E-state index in [0.717, 1.165) is 22.4 Å². The topological polar surface area (TPSA) is 82.5 Å². The van der Waals surface area contributed by atoms with Crippen molar-refractivity contribution in [2.24, 2.45) is 0 Å². The maximum atomic E-state index is 13.0. The molecule has 0 aliphatic carbocycles. The number of aromatic nitrogens is 2. The molecule has 1 unspecified atom stereocenters. The average molecular weight is 482 g/mol. The highest BCUT2D eigenvalue weighted by Gasteiger charge is 2.31. The van der Waals surface area contributed by atoms with E-state index in [4.69, 9.17) is 21.1 Å². The fourth-order valence-corrected chi connectivity index (χ4v) is 3.05. The molecule has 33 heavy (non-hydrogen) atoms. The van der Waals surface area contributed by atoms with Crippen LogP contribution >= 0.6 is 11.6 Å². The molecule has 1 N–H and O–H groups in total. The predicted octanol–water partition coefficient (Wildman–Crippen LogP) is 4.59. The van der Waals surface area contributed by atoms with E-state index in [-0.39, 0.29) is 23.2 Å². The van der Waals surface area contributed by atoms with E-state index in [1.807, 2.05) is 0 Å². The van der Waals surface area contributed by atoms with E-state index < -0.39 is 30.2 Å². The molecule has 0 bridgehead atoms. The number of amides is 1. The summed E-state index contributed by atoms with van der Waals surface area (Å²) in [6.07, 6.45) is -3.29. The Labute approximate surface area is 192 Å². The number of nitrogens with one attached hydrogen (secondary N) is 1. The average Bonchev–Trinajstić information content (AvgIpc) is 3.22. The van der Waals surface area contributed by atoms with Crippen LogP contribution in [-0.4, -0.2) is 35.4 Å². The summed E-state index contributed by atoms with van der Waals surface area (Å²) in [6, 6.07) is 10.9. The number of ether oxygens (including phenoxy) is 2. The first kappa shape index (κ1) is 24.1. The van der Waals surface area contributed by atoms with Crippen LogP contribution in [0.2, 0.25) is 5.02 Å². The van der Waals surface area contributed by atoms with Gasteiger partial charge in [-0.2, -0.15) is 18.3 Å². The third-order valence-corrected chi connectivity index (χ3v) is 4.87. The molecule has 3 rings (SSSR count). The van der Waals surface area contributed by atoms with Crippen molar-refractivity contribution in [3.8, 4) is 11.4 Å². The lowest BCUT2D eigenvalue weighted by Crippen LogP contribution is -2.31. The second-order valence-corrected chi connectivity index (χ2v) is 7.39. The molecule has 0 saturated heterocycles. The Kier molecular flexibility index (Phi) is 7.27. The second-order valence-electron chi connectivity index (χ2n) is 6.96. The molecule has 0 spiro atoms. The number of benzene rings is 2. The van der Waals surface area contributed by atoms with Crippen LogP contribution in [-0.2, 0) is 15.7 Å². The lowest BCUT2D eigenvalue weighted by molar-refractivity contribution is -0.137. The Balaban J connectivity index is 1.67. The van der Waals surface area contributed by atoms with Gasteiger partial charge >= 0.3 is 12.1 Å². The van der Waals surface area contributed by atoms with Crippen LogP contribution in [0.15, 0.2) is 54.7 Å². The summed E-state index contributed by atoms with van der Waals surface area (Å²) in [4.78, 5) is 24.6. The zero-order chi connectivity index (χ0) is 24.2. The molecule has 1 aromatic heterocycles. The molecule has 0 aliphatic rings. The van der Waals surface area contributed by atoms with Crippen molar-refractivity contribution in [3.63, 3.8) is 0 Å². The number of halogens is 4. The van der Waals surface area contributed by atoms with Gasteiger partial charge in [-0.25, -0.2) is 9.48 Å². The highest BCUT2D eigenvalue weighted by molar-refractivity contribution is 6.30. The molecule has 0 saturated carbocycles. The first-order valence-electron chi connectivity index (χ1n) is 9.61. The zero-order valence-corrected chi connectivity index (χ0v) is 18.3. The molecule has 0 fully saturated rings. The number of esters is 1. The molecular weight excluding hydrogens is 463 g/mol. The van der Waals surface area contributed by atoms with E-state index in [1.165, 1.54) is 25.4 Å². The predicted molar refractivity (Wildman–Crippen MR) is 113 cm³/mol. The number of methoxy groups -OCH3 is 1. The minimum Gasteiger partial charge on any atom is -0.493 e. The molecule has 2 aromatic carbocycles.